The van der Waals surface area contributed by atoms with Crippen LogP contribution in [-0.2, 0) is 10.2 Å². The fraction of sp³-hybridized carbons (Fsp3) is 0.611. The predicted molar refractivity (Wildman–Crippen MR) is 86.7 cm³/mol. The lowest BCUT2D eigenvalue weighted by Gasteiger charge is -2.41. The average molecular weight is 286 g/mol. The van der Waals surface area contributed by atoms with Crippen molar-refractivity contribution in [3.63, 3.8) is 0 Å². The number of amides is 1. The summed E-state index contributed by atoms with van der Waals surface area (Å²) < 4.78 is 0. The van der Waals surface area contributed by atoms with Gasteiger partial charge in [-0.15, -0.1) is 0 Å². The molecular formula is C18H26N2O. The molecule has 0 saturated carbocycles. The van der Waals surface area contributed by atoms with E-state index in [0.717, 1.165) is 32.5 Å². The Balaban J connectivity index is 1.94. The van der Waals surface area contributed by atoms with E-state index in [0.29, 0.717) is 0 Å². The zero-order valence-electron chi connectivity index (χ0n) is 13.6. The van der Waals surface area contributed by atoms with Crippen LogP contribution in [0.15, 0.2) is 24.3 Å². The molecule has 1 fully saturated rings. The third kappa shape index (κ3) is 2.33. The number of likely N-dealkylation sites (tertiary alicyclic amines) is 1. The molecule has 1 aromatic rings. The molecule has 3 nitrogen and oxygen atoms in total. The number of fused-ring (bicyclic) bond motifs is 2. The Bertz CT molecular complexity index is 551. The lowest BCUT2D eigenvalue weighted by Crippen LogP contribution is -2.49. The molecule has 0 atom stereocenters. The highest BCUT2D eigenvalue weighted by Crippen LogP contribution is 2.48. The van der Waals surface area contributed by atoms with E-state index in [1.54, 1.807) is 6.92 Å². The summed E-state index contributed by atoms with van der Waals surface area (Å²) in [5.41, 5.74) is 3.25. The lowest BCUT2D eigenvalue weighted by molar-refractivity contribution is -0.130. The number of piperidine rings is 1. The molecule has 1 saturated heterocycles. The molecule has 1 spiro atoms. The minimum atomic E-state index is 0.136. The van der Waals surface area contributed by atoms with E-state index in [1.165, 1.54) is 11.3 Å². The van der Waals surface area contributed by atoms with Gasteiger partial charge in [0.2, 0.25) is 5.91 Å². The Kier molecular flexibility index (Phi) is 3.27. The first kappa shape index (κ1) is 14.4. The number of hydrogen-bond acceptors (Lipinski definition) is 2. The van der Waals surface area contributed by atoms with Gasteiger partial charge in [-0.05, 0) is 45.2 Å². The number of anilines is 1. The molecule has 2 heterocycles. The number of nitrogens with zero attached hydrogens (tertiary/aromatic N) is 2. The van der Waals surface area contributed by atoms with E-state index >= 15 is 0 Å². The summed E-state index contributed by atoms with van der Waals surface area (Å²) in [6, 6.07) is 8.85. The first-order valence-corrected chi connectivity index (χ1v) is 7.96. The third-order valence-corrected chi connectivity index (χ3v) is 5.20. The van der Waals surface area contributed by atoms with Crippen molar-refractivity contribution in [3.05, 3.63) is 29.8 Å². The molecule has 3 heteroatoms. The Hall–Kier alpha value is -1.51. The first-order chi connectivity index (χ1) is 9.83. The molecule has 0 radical (unpaired) electrons. The summed E-state index contributed by atoms with van der Waals surface area (Å²) in [4.78, 5) is 16.1. The number of carbonyl (C=O) groups excluding carboxylic acids is 1. The number of hydrogen-bond donors (Lipinski definition) is 0. The zero-order chi connectivity index (χ0) is 15.3. The van der Waals surface area contributed by atoms with E-state index in [4.69, 9.17) is 0 Å². The van der Waals surface area contributed by atoms with Gasteiger partial charge in [-0.1, -0.05) is 18.2 Å². The zero-order valence-corrected chi connectivity index (χ0v) is 13.6. The molecule has 1 aromatic carbocycles. The Morgan fingerprint density at radius 1 is 1.14 bits per heavy atom. The van der Waals surface area contributed by atoms with E-state index in [9.17, 15) is 4.79 Å². The fourth-order valence-corrected chi connectivity index (χ4v) is 3.91. The highest BCUT2D eigenvalue weighted by Gasteiger charge is 2.47. The van der Waals surface area contributed by atoms with Crippen molar-refractivity contribution in [1.29, 1.82) is 0 Å². The second-order valence-corrected chi connectivity index (χ2v) is 7.56. The quantitative estimate of drug-likeness (QED) is 0.731. The number of carbonyl (C=O) groups is 1. The molecule has 2 aliphatic rings. The van der Waals surface area contributed by atoms with Crippen LogP contribution in [0.5, 0.6) is 0 Å². The first-order valence-electron chi connectivity index (χ1n) is 7.96. The standard InChI is InChI=1S/C18H26N2O/c1-14(21)19-11-9-18(10-12-19)13-20(17(2,3)4)16-8-6-5-7-15(16)18/h5-8H,9-13H2,1-4H3. The van der Waals surface area contributed by atoms with Crippen molar-refractivity contribution in [2.45, 2.75) is 51.5 Å². The molecule has 21 heavy (non-hydrogen) atoms. The van der Waals surface area contributed by atoms with E-state index in [-0.39, 0.29) is 16.9 Å². The van der Waals surface area contributed by atoms with Gasteiger partial charge in [-0.2, -0.15) is 0 Å². The van der Waals surface area contributed by atoms with Gasteiger partial charge >= 0.3 is 0 Å². The van der Waals surface area contributed by atoms with Crippen molar-refractivity contribution in [2.24, 2.45) is 0 Å². The summed E-state index contributed by atoms with van der Waals surface area (Å²) in [6.45, 7) is 11.4. The molecular weight excluding hydrogens is 260 g/mol. The molecule has 3 rings (SSSR count). The van der Waals surface area contributed by atoms with Gasteiger partial charge in [-0.3, -0.25) is 4.79 Å². The Morgan fingerprint density at radius 3 is 2.33 bits per heavy atom. The predicted octanol–water partition coefficient (Wildman–Crippen LogP) is 3.19. The van der Waals surface area contributed by atoms with Gasteiger partial charge in [0.25, 0.3) is 0 Å². The maximum atomic E-state index is 11.6. The number of benzene rings is 1. The minimum Gasteiger partial charge on any atom is -0.366 e. The van der Waals surface area contributed by atoms with Crippen molar-refractivity contribution < 1.29 is 4.79 Å². The minimum absolute atomic E-state index is 0.136. The molecule has 0 bridgehead atoms. The maximum absolute atomic E-state index is 11.6. The van der Waals surface area contributed by atoms with Crippen LogP contribution >= 0.6 is 0 Å². The molecule has 0 N–H and O–H groups in total. The lowest BCUT2D eigenvalue weighted by atomic mass is 9.74. The fourth-order valence-electron chi connectivity index (χ4n) is 3.91. The van der Waals surface area contributed by atoms with E-state index in [2.05, 4.69) is 49.9 Å². The Morgan fingerprint density at radius 2 is 1.76 bits per heavy atom. The van der Waals surface area contributed by atoms with Crippen molar-refractivity contribution in [1.82, 2.24) is 4.90 Å². The van der Waals surface area contributed by atoms with Crippen LogP contribution in [0.25, 0.3) is 0 Å². The summed E-state index contributed by atoms with van der Waals surface area (Å²) in [7, 11) is 0. The highest BCUT2D eigenvalue weighted by molar-refractivity contribution is 5.73. The van der Waals surface area contributed by atoms with E-state index < -0.39 is 0 Å². The SMILES string of the molecule is CC(=O)N1CCC2(CC1)CN(C(C)(C)C)c1ccccc12. The molecule has 0 unspecified atom stereocenters. The van der Waals surface area contributed by atoms with Crippen LogP contribution in [-0.4, -0.2) is 36.0 Å². The van der Waals surface area contributed by atoms with Gasteiger partial charge in [0.15, 0.2) is 0 Å². The monoisotopic (exact) mass is 286 g/mol. The largest absolute Gasteiger partial charge is 0.366 e. The number of para-hydroxylation sites is 1. The van der Waals surface area contributed by atoms with Gasteiger partial charge in [-0.25, -0.2) is 0 Å². The smallest absolute Gasteiger partial charge is 0.219 e. The molecule has 1 amide bonds. The van der Waals surface area contributed by atoms with E-state index in [1.807, 2.05) is 4.90 Å². The summed E-state index contributed by atoms with van der Waals surface area (Å²) in [5, 5.41) is 0. The Labute approximate surface area is 127 Å². The third-order valence-electron chi connectivity index (χ3n) is 5.20. The second kappa shape index (κ2) is 4.75. The van der Waals surface area contributed by atoms with Crippen LogP contribution in [0.2, 0.25) is 0 Å². The maximum Gasteiger partial charge on any atom is 0.219 e. The average Bonchev–Trinajstić information content (AvgIpc) is 2.75. The van der Waals surface area contributed by atoms with Gasteiger partial charge < -0.3 is 9.80 Å². The van der Waals surface area contributed by atoms with Crippen molar-refractivity contribution in [2.75, 3.05) is 24.5 Å². The van der Waals surface area contributed by atoms with Gasteiger partial charge in [0.05, 0.1) is 0 Å². The van der Waals surface area contributed by atoms with Crippen LogP contribution in [0.1, 0.15) is 46.1 Å². The summed E-state index contributed by atoms with van der Waals surface area (Å²) in [5.74, 6) is 0.212. The highest BCUT2D eigenvalue weighted by atomic mass is 16.2. The van der Waals surface area contributed by atoms with Gasteiger partial charge in [0.1, 0.15) is 0 Å². The van der Waals surface area contributed by atoms with Crippen LogP contribution in [0.4, 0.5) is 5.69 Å². The molecule has 0 aliphatic carbocycles. The van der Waals surface area contributed by atoms with Crippen LogP contribution < -0.4 is 4.90 Å². The van der Waals surface area contributed by atoms with Crippen LogP contribution in [0.3, 0.4) is 0 Å². The summed E-state index contributed by atoms with van der Waals surface area (Å²) in [6.07, 6.45) is 2.16. The van der Waals surface area contributed by atoms with Crippen molar-refractivity contribution >= 4 is 11.6 Å². The van der Waals surface area contributed by atoms with Crippen LogP contribution in [0, 0.1) is 0 Å². The second-order valence-electron chi connectivity index (χ2n) is 7.56. The van der Waals surface area contributed by atoms with Crippen molar-refractivity contribution in [3.8, 4) is 0 Å². The molecule has 0 aromatic heterocycles. The normalized spacial score (nSPS) is 20.8. The molecule has 2 aliphatic heterocycles. The molecule has 114 valence electrons. The topological polar surface area (TPSA) is 23.6 Å². The summed E-state index contributed by atoms with van der Waals surface area (Å²) >= 11 is 0. The van der Waals surface area contributed by atoms with Gasteiger partial charge in [0, 0.05) is 43.2 Å². The number of rotatable bonds is 0.